The smallest absolute Gasteiger partial charge is 0.260 e. The van der Waals surface area contributed by atoms with Gasteiger partial charge in [0, 0.05) is 9.75 Å². The van der Waals surface area contributed by atoms with Gasteiger partial charge < -0.3 is 10.3 Å². The summed E-state index contributed by atoms with van der Waals surface area (Å²) in [7, 11) is 0. The number of carbonyl (C=O) groups excluding carboxylic acids is 1. The summed E-state index contributed by atoms with van der Waals surface area (Å²) in [6.07, 6.45) is 9.55. The summed E-state index contributed by atoms with van der Waals surface area (Å²) >= 11 is 4.37. The lowest BCUT2D eigenvalue weighted by Gasteiger charge is -2.09. The number of fused-ring (bicyclic) bond motifs is 4. The summed E-state index contributed by atoms with van der Waals surface area (Å²) in [6.45, 7) is 0. The largest absolute Gasteiger partial charge is 0.316 e. The van der Waals surface area contributed by atoms with E-state index in [9.17, 15) is 14.9 Å². The van der Waals surface area contributed by atoms with Gasteiger partial charge in [0.15, 0.2) is 5.16 Å². The number of anilines is 1. The zero-order valence-corrected chi connectivity index (χ0v) is 19.5. The molecule has 0 saturated heterocycles. The van der Waals surface area contributed by atoms with E-state index in [1.165, 1.54) is 39.3 Å². The maximum atomic E-state index is 12.7. The van der Waals surface area contributed by atoms with Crippen LogP contribution in [-0.2, 0) is 30.5 Å². The minimum Gasteiger partial charge on any atom is -0.316 e. The van der Waals surface area contributed by atoms with E-state index in [-0.39, 0.29) is 17.2 Å². The molecule has 0 bridgehead atoms. The molecule has 0 unspecified atom stereocenters. The molecule has 3 aromatic rings. The van der Waals surface area contributed by atoms with Crippen LogP contribution in [0.3, 0.4) is 0 Å². The van der Waals surface area contributed by atoms with Crippen molar-refractivity contribution in [3.8, 4) is 6.07 Å². The van der Waals surface area contributed by atoms with Gasteiger partial charge in [-0.25, -0.2) is 4.98 Å². The lowest BCUT2D eigenvalue weighted by molar-refractivity contribution is -0.113. The highest BCUT2D eigenvalue weighted by Gasteiger charge is 2.22. The van der Waals surface area contributed by atoms with Gasteiger partial charge >= 0.3 is 0 Å². The van der Waals surface area contributed by atoms with Crippen LogP contribution in [0.5, 0.6) is 0 Å². The number of rotatable bonds is 4. The summed E-state index contributed by atoms with van der Waals surface area (Å²) < 4.78 is 0. The second-order valence-electron chi connectivity index (χ2n) is 7.98. The third kappa shape index (κ3) is 4.04. The number of nitriles is 1. The number of hydrogen-bond donors (Lipinski definition) is 2. The topological polar surface area (TPSA) is 98.6 Å². The van der Waals surface area contributed by atoms with E-state index in [1.54, 1.807) is 11.3 Å². The fraction of sp³-hybridized carbons (Fsp3) is 0.455. The van der Waals surface area contributed by atoms with Crippen molar-refractivity contribution < 1.29 is 4.79 Å². The van der Waals surface area contributed by atoms with Crippen molar-refractivity contribution in [2.75, 3.05) is 11.1 Å². The number of thiophene rings is 2. The highest BCUT2D eigenvalue weighted by atomic mass is 32.2. The molecule has 6 nitrogen and oxygen atoms in total. The Morgan fingerprint density at radius 3 is 2.61 bits per heavy atom. The van der Waals surface area contributed by atoms with Crippen LogP contribution in [0, 0.1) is 11.3 Å². The number of aromatic nitrogens is 2. The molecular weight excluding hydrogens is 448 g/mol. The summed E-state index contributed by atoms with van der Waals surface area (Å²) in [5.74, 6) is -0.0569. The zero-order chi connectivity index (χ0) is 21.4. The molecule has 5 rings (SSSR count). The van der Waals surface area contributed by atoms with E-state index in [2.05, 4.69) is 21.4 Å². The lowest BCUT2D eigenvalue weighted by Crippen LogP contribution is -2.15. The molecule has 0 spiro atoms. The summed E-state index contributed by atoms with van der Waals surface area (Å²) in [4.78, 5) is 36.0. The van der Waals surface area contributed by atoms with Crippen LogP contribution in [-0.4, -0.2) is 21.6 Å². The fourth-order valence-electron chi connectivity index (χ4n) is 4.46. The van der Waals surface area contributed by atoms with Gasteiger partial charge in [-0.1, -0.05) is 18.2 Å². The van der Waals surface area contributed by atoms with Crippen LogP contribution in [0.1, 0.15) is 58.5 Å². The molecule has 31 heavy (non-hydrogen) atoms. The number of aromatic amines is 1. The number of amides is 1. The first kappa shape index (κ1) is 20.7. The van der Waals surface area contributed by atoms with Crippen molar-refractivity contribution >= 4 is 55.6 Å². The second kappa shape index (κ2) is 8.77. The average Bonchev–Trinajstić information content (AvgIpc) is 3.20. The number of carbonyl (C=O) groups is 1. The van der Waals surface area contributed by atoms with Gasteiger partial charge in [0.25, 0.3) is 5.56 Å². The van der Waals surface area contributed by atoms with Crippen molar-refractivity contribution in [2.45, 2.75) is 62.9 Å². The third-order valence-electron chi connectivity index (χ3n) is 5.93. The molecule has 9 heteroatoms. The molecule has 0 saturated carbocycles. The average molecular weight is 471 g/mol. The normalized spacial score (nSPS) is 15.7. The van der Waals surface area contributed by atoms with Crippen LogP contribution in [0.25, 0.3) is 10.2 Å². The quantitative estimate of drug-likeness (QED) is 0.324. The Balaban J connectivity index is 1.31. The molecule has 2 N–H and O–H groups in total. The van der Waals surface area contributed by atoms with Crippen molar-refractivity contribution in [3.05, 3.63) is 36.8 Å². The highest BCUT2D eigenvalue weighted by Crippen LogP contribution is 2.37. The summed E-state index contributed by atoms with van der Waals surface area (Å²) in [5.41, 5.74) is 2.79. The predicted octanol–water partition coefficient (Wildman–Crippen LogP) is 4.80. The molecular formula is C22H22N4O2S3. The van der Waals surface area contributed by atoms with Crippen LogP contribution >= 0.6 is 34.4 Å². The number of aryl methyl sites for hydroxylation is 3. The number of nitrogens with one attached hydrogen (secondary N) is 2. The van der Waals surface area contributed by atoms with Gasteiger partial charge in [-0.15, -0.1) is 22.7 Å². The van der Waals surface area contributed by atoms with E-state index in [0.717, 1.165) is 72.7 Å². The van der Waals surface area contributed by atoms with Gasteiger partial charge in [-0.05, 0) is 62.5 Å². The number of hydrogen-bond acceptors (Lipinski definition) is 7. The fourth-order valence-corrected chi connectivity index (χ4v) is 7.69. The van der Waals surface area contributed by atoms with Gasteiger partial charge in [0.05, 0.1) is 16.7 Å². The zero-order valence-electron chi connectivity index (χ0n) is 17.0. The van der Waals surface area contributed by atoms with E-state index < -0.39 is 0 Å². The van der Waals surface area contributed by atoms with Gasteiger partial charge in [-0.2, -0.15) is 5.26 Å². The molecule has 0 radical (unpaired) electrons. The molecule has 160 valence electrons. The van der Waals surface area contributed by atoms with E-state index in [0.29, 0.717) is 15.7 Å². The van der Waals surface area contributed by atoms with Crippen molar-refractivity contribution in [2.24, 2.45) is 0 Å². The van der Waals surface area contributed by atoms with E-state index in [1.807, 2.05) is 0 Å². The van der Waals surface area contributed by atoms with Gasteiger partial charge in [0.1, 0.15) is 15.9 Å². The Bertz CT molecular complexity index is 1260. The minimum absolute atomic E-state index is 0.110. The van der Waals surface area contributed by atoms with Crippen LogP contribution < -0.4 is 10.9 Å². The Kier molecular flexibility index (Phi) is 5.87. The molecule has 0 fully saturated rings. The van der Waals surface area contributed by atoms with Crippen LogP contribution in [0.4, 0.5) is 5.00 Å². The SMILES string of the molecule is N#Cc1c(NC(=O)CSc2nc3sc4c(c3c(=O)[nH]2)CCCC4)sc2c1CCCCC2. The van der Waals surface area contributed by atoms with E-state index in [4.69, 9.17) is 0 Å². The molecule has 3 aromatic heterocycles. The summed E-state index contributed by atoms with van der Waals surface area (Å²) in [6, 6.07) is 2.29. The summed E-state index contributed by atoms with van der Waals surface area (Å²) in [5, 5.41) is 14.4. The van der Waals surface area contributed by atoms with Crippen molar-refractivity contribution in [1.29, 1.82) is 5.26 Å². The molecule has 1 amide bonds. The van der Waals surface area contributed by atoms with Crippen LogP contribution in [0.2, 0.25) is 0 Å². The Morgan fingerprint density at radius 1 is 1.06 bits per heavy atom. The van der Waals surface area contributed by atoms with Gasteiger partial charge in [0.2, 0.25) is 5.91 Å². The minimum atomic E-state index is -0.189. The maximum absolute atomic E-state index is 12.7. The Morgan fingerprint density at radius 2 is 1.77 bits per heavy atom. The Labute approximate surface area is 192 Å². The molecule has 0 aliphatic heterocycles. The highest BCUT2D eigenvalue weighted by molar-refractivity contribution is 7.99. The van der Waals surface area contributed by atoms with Crippen LogP contribution in [0.15, 0.2) is 9.95 Å². The standard InChI is InChI=1S/C22H22N4O2S3/c23-10-14-12-6-2-1-3-8-15(12)30-20(14)24-17(27)11-29-22-25-19(28)18-13-7-4-5-9-16(13)31-21(18)26-22/h1-9,11H2,(H,24,27)(H,25,26,28). The number of thioether (sulfide) groups is 1. The molecule has 2 aliphatic rings. The molecule has 2 aliphatic carbocycles. The number of nitrogens with zero attached hydrogens (tertiary/aromatic N) is 2. The first-order valence-electron chi connectivity index (χ1n) is 10.7. The Hall–Kier alpha value is -2.15. The first-order valence-corrected chi connectivity index (χ1v) is 13.3. The molecule has 3 heterocycles. The second-order valence-corrected chi connectivity index (χ2v) is 11.1. The maximum Gasteiger partial charge on any atom is 0.260 e. The lowest BCUT2D eigenvalue weighted by atomic mass is 9.97. The van der Waals surface area contributed by atoms with E-state index >= 15 is 0 Å². The monoisotopic (exact) mass is 470 g/mol. The third-order valence-corrected chi connectivity index (χ3v) is 9.20. The first-order chi connectivity index (χ1) is 15.1. The molecule has 0 aromatic carbocycles. The number of H-pyrrole nitrogens is 1. The molecule has 0 atom stereocenters. The van der Waals surface area contributed by atoms with Crippen molar-refractivity contribution in [1.82, 2.24) is 9.97 Å². The van der Waals surface area contributed by atoms with Crippen molar-refractivity contribution in [3.63, 3.8) is 0 Å². The van der Waals surface area contributed by atoms with Gasteiger partial charge in [-0.3, -0.25) is 9.59 Å². The predicted molar refractivity (Wildman–Crippen MR) is 127 cm³/mol.